The van der Waals surface area contributed by atoms with Gasteiger partial charge in [0, 0.05) is 5.57 Å². The van der Waals surface area contributed by atoms with Crippen LogP contribution in [0.4, 0.5) is 0 Å². The summed E-state index contributed by atoms with van der Waals surface area (Å²) in [6.07, 6.45) is 15.1. The Morgan fingerprint density at radius 2 is 1.36 bits per heavy atom. The lowest BCUT2D eigenvalue weighted by atomic mass is 9.94. The summed E-state index contributed by atoms with van der Waals surface area (Å²) in [5, 5.41) is 0. The maximum Gasteiger partial charge on any atom is 0.333 e. The van der Waals surface area contributed by atoms with E-state index in [1.807, 2.05) is 6.92 Å². The molecule has 1 atom stereocenters. The molecule has 0 fully saturated rings. The summed E-state index contributed by atoms with van der Waals surface area (Å²) in [4.78, 5) is 11.7. The Balaban J connectivity index is 3.66. The molecule has 0 bridgehead atoms. The molecule has 0 saturated carbocycles. The predicted octanol–water partition coefficient (Wildman–Crippen LogP) is 6.59. The third-order valence-electron chi connectivity index (χ3n) is 4.49. The zero-order valence-corrected chi connectivity index (χ0v) is 15.5. The molecule has 0 aliphatic carbocycles. The van der Waals surface area contributed by atoms with Crippen LogP contribution in [0.1, 0.15) is 105 Å². The Kier molecular flexibility index (Phi) is 12.3. The molecular formula is C20H38O2. The van der Waals surface area contributed by atoms with Crippen molar-refractivity contribution in [1.29, 1.82) is 0 Å². The number of hydrogen-bond donors (Lipinski definition) is 0. The van der Waals surface area contributed by atoms with Crippen LogP contribution in [-0.4, -0.2) is 11.6 Å². The van der Waals surface area contributed by atoms with Crippen molar-refractivity contribution in [2.75, 3.05) is 0 Å². The maximum absolute atomic E-state index is 11.7. The van der Waals surface area contributed by atoms with E-state index in [0.29, 0.717) is 5.57 Å². The van der Waals surface area contributed by atoms with Gasteiger partial charge in [0.2, 0.25) is 0 Å². The molecule has 22 heavy (non-hydrogen) atoms. The minimum absolute atomic E-state index is 0.253. The maximum atomic E-state index is 11.7. The van der Waals surface area contributed by atoms with Gasteiger partial charge in [-0.25, -0.2) is 4.79 Å². The van der Waals surface area contributed by atoms with Gasteiger partial charge in [-0.3, -0.25) is 0 Å². The van der Waals surface area contributed by atoms with Gasteiger partial charge < -0.3 is 4.74 Å². The molecule has 0 heterocycles. The number of ether oxygens (including phenoxy) is 1. The van der Waals surface area contributed by atoms with Crippen molar-refractivity contribution in [2.24, 2.45) is 0 Å². The first-order valence-electron chi connectivity index (χ1n) is 9.34. The summed E-state index contributed by atoms with van der Waals surface area (Å²) in [7, 11) is 0. The minimum atomic E-state index is -0.323. The van der Waals surface area contributed by atoms with E-state index in [-0.39, 0.29) is 11.6 Å². The lowest BCUT2D eigenvalue weighted by Gasteiger charge is -2.28. The van der Waals surface area contributed by atoms with E-state index in [1.54, 1.807) is 6.92 Å². The van der Waals surface area contributed by atoms with E-state index in [1.165, 1.54) is 57.8 Å². The van der Waals surface area contributed by atoms with E-state index in [4.69, 9.17) is 4.74 Å². The molecule has 0 saturated heterocycles. The standard InChI is InChI=1S/C20H38O2/c1-6-8-9-10-11-12-13-14-15-16-17-20(5,7-2)22-19(21)18(3)4/h3,6-17H2,1-2,4-5H3. The quantitative estimate of drug-likeness (QED) is 0.206. The molecule has 0 radical (unpaired) electrons. The molecule has 0 N–H and O–H groups in total. The molecule has 0 rings (SSSR count). The molecule has 0 aliphatic heterocycles. The van der Waals surface area contributed by atoms with Gasteiger partial charge in [0.05, 0.1) is 0 Å². The van der Waals surface area contributed by atoms with Crippen LogP contribution in [-0.2, 0) is 9.53 Å². The molecule has 0 aliphatic rings. The van der Waals surface area contributed by atoms with Crippen molar-refractivity contribution in [1.82, 2.24) is 0 Å². The number of rotatable bonds is 14. The molecule has 0 aromatic heterocycles. The van der Waals surface area contributed by atoms with Crippen molar-refractivity contribution in [3.8, 4) is 0 Å². The number of unbranched alkanes of at least 4 members (excludes halogenated alkanes) is 9. The second-order valence-electron chi connectivity index (χ2n) is 6.91. The van der Waals surface area contributed by atoms with Gasteiger partial charge in [0.15, 0.2) is 0 Å². The second kappa shape index (κ2) is 12.7. The van der Waals surface area contributed by atoms with Crippen LogP contribution in [0.2, 0.25) is 0 Å². The lowest BCUT2D eigenvalue weighted by Crippen LogP contribution is -2.31. The molecule has 0 aromatic rings. The van der Waals surface area contributed by atoms with Gasteiger partial charge in [-0.15, -0.1) is 0 Å². The van der Waals surface area contributed by atoms with Crippen molar-refractivity contribution in [2.45, 2.75) is 110 Å². The minimum Gasteiger partial charge on any atom is -0.456 e. The van der Waals surface area contributed by atoms with E-state index in [2.05, 4.69) is 20.4 Å². The largest absolute Gasteiger partial charge is 0.456 e. The highest BCUT2D eigenvalue weighted by Gasteiger charge is 2.26. The highest BCUT2D eigenvalue weighted by molar-refractivity contribution is 5.87. The van der Waals surface area contributed by atoms with Gasteiger partial charge >= 0.3 is 5.97 Å². The Morgan fingerprint density at radius 1 is 0.909 bits per heavy atom. The summed E-state index contributed by atoms with van der Waals surface area (Å²) in [5.41, 5.74) is 0.165. The average molecular weight is 311 g/mol. The molecular weight excluding hydrogens is 272 g/mol. The van der Waals surface area contributed by atoms with E-state index in [0.717, 1.165) is 19.3 Å². The van der Waals surface area contributed by atoms with Crippen LogP contribution in [0, 0.1) is 0 Å². The van der Waals surface area contributed by atoms with Crippen molar-refractivity contribution >= 4 is 5.97 Å². The van der Waals surface area contributed by atoms with Gasteiger partial charge in [-0.05, 0) is 33.1 Å². The molecule has 130 valence electrons. The first-order chi connectivity index (χ1) is 10.4. The van der Waals surface area contributed by atoms with Crippen LogP contribution in [0.5, 0.6) is 0 Å². The molecule has 0 amide bonds. The van der Waals surface area contributed by atoms with E-state index < -0.39 is 0 Å². The highest BCUT2D eigenvalue weighted by atomic mass is 16.6. The van der Waals surface area contributed by atoms with E-state index in [9.17, 15) is 4.79 Å². The smallest absolute Gasteiger partial charge is 0.333 e. The fourth-order valence-electron chi connectivity index (χ4n) is 2.60. The van der Waals surface area contributed by atoms with Crippen LogP contribution in [0.25, 0.3) is 0 Å². The summed E-state index contributed by atoms with van der Waals surface area (Å²) in [6.45, 7) is 11.8. The molecule has 0 aromatic carbocycles. The number of esters is 1. The first-order valence-corrected chi connectivity index (χ1v) is 9.34. The summed E-state index contributed by atoms with van der Waals surface area (Å²) in [6, 6.07) is 0. The van der Waals surface area contributed by atoms with Gasteiger partial charge in [-0.1, -0.05) is 78.2 Å². The zero-order valence-electron chi connectivity index (χ0n) is 15.5. The third-order valence-corrected chi connectivity index (χ3v) is 4.49. The van der Waals surface area contributed by atoms with Crippen LogP contribution < -0.4 is 0 Å². The van der Waals surface area contributed by atoms with Gasteiger partial charge in [-0.2, -0.15) is 0 Å². The van der Waals surface area contributed by atoms with Crippen molar-refractivity contribution in [3.05, 3.63) is 12.2 Å². The number of carbonyl (C=O) groups is 1. The predicted molar refractivity (Wildman–Crippen MR) is 96.1 cm³/mol. The van der Waals surface area contributed by atoms with E-state index >= 15 is 0 Å². The fourth-order valence-corrected chi connectivity index (χ4v) is 2.60. The topological polar surface area (TPSA) is 26.3 Å². The summed E-state index contributed by atoms with van der Waals surface area (Å²) in [5.74, 6) is -0.253. The van der Waals surface area contributed by atoms with Crippen LogP contribution >= 0.6 is 0 Å². The average Bonchev–Trinajstić information content (AvgIpc) is 2.49. The van der Waals surface area contributed by atoms with Crippen LogP contribution in [0.15, 0.2) is 12.2 Å². The Morgan fingerprint density at radius 3 is 1.77 bits per heavy atom. The third kappa shape index (κ3) is 10.9. The first kappa shape index (κ1) is 21.2. The van der Waals surface area contributed by atoms with Crippen molar-refractivity contribution < 1.29 is 9.53 Å². The molecule has 2 heteroatoms. The van der Waals surface area contributed by atoms with Gasteiger partial charge in [0.25, 0.3) is 0 Å². The monoisotopic (exact) mass is 310 g/mol. The summed E-state index contributed by atoms with van der Waals surface area (Å²) >= 11 is 0. The Bertz CT molecular complexity index is 309. The lowest BCUT2D eigenvalue weighted by molar-refractivity contribution is -0.154. The zero-order chi connectivity index (χ0) is 16.8. The van der Waals surface area contributed by atoms with Gasteiger partial charge in [0.1, 0.15) is 5.60 Å². The molecule has 1 unspecified atom stereocenters. The molecule has 0 spiro atoms. The molecule has 2 nitrogen and oxygen atoms in total. The normalized spacial score (nSPS) is 13.6. The SMILES string of the molecule is C=C(C)C(=O)OC(C)(CC)CCCCCCCCCCCC. The number of hydrogen-bond acceptors (Lipinski definition) is 2. The second-order valence-corrected chi connectivity index (χ2v) is 6.91. The summed E-state index contributed by atoms with van der Waals surface area (Å²) < 4.78 is 5.59. The Hall–Kier alpha value is -0.790. The highest BCUT2D eigenvalue weighted by Crippen LogP contribution is 2.24. The van der Waals surface area contributed by atoms with Crippen LogP contribution in [0.3, 0.4) is 0 Å². The van der Waals surface area contributed by atoms with Crippen molar-refractivity contribution in [3.63, 3.8) is 0 Å². The number of carbonyl (C=O) groups excluding carboxylic acids is 1. The fraction of sp³-hybridized carbons (Fsp3) is 0.850. The Labute approximate surface area is 138 Å².